The molecule has 34 heavy (non-hydrogen) atoms. The molecule has 0 rings (SSSR count). The Hall–Kier alpha value is 2.35. The van der Waals surface area contributed by atoms with Crippen LogP contribution in [0.15, 0.2) is 0 Å². The molecule has 0 fully saturated rings. The van der Waals surface area contributed by atoms with Crippen LogP contribution in [-0.2, 0) is 0 Å². The van der Waals surface area contributed by atoms with Crippen LogP contribution >= 0.6 is 24.8 Å². The molecule has 0 N–H and O–H groups in total. The number of halogens is 2. The van der Waals surface area contributed by atoms with E-state index in [-0.39, 0.29) is 24.8 Å². The summed E-state index contributed by atoms with van der Waals surface area (Å²) in [6.07, 6.45) is 26.8. The summed E-state index contributed by atoms with van der Waals surface area (Å²) in [5.41, 5.74) is 0. The van der Waals surface area contributed by atoms with Gasteiger partial charge >= 0.3 is 225 Å². The van der Waals surface area contributed by atoms with Crippen molar-refractivity contribution in [2.24, 2.45) is 0 Å². The summed E-state index contributed by atoms with van der Waals surface area (Å²) >= 11 is -1.94. The monoisotopic (exact) mass is 916 g/mol. The minimum Gasteiger partial charge on any atom is -0.147 e. The van der Waals surface area contributed by atoms with E-state index in [0.717, 1.165) is 0 Å². The van der Waals surface area contributed by atoms with E-state index in [1.807, 2.05) is 0 Å². The molecule has 0 aliphatic heterocycles. The molecule has 0 unspecified atom stereocenters. The van der Waals surface area contributed by atoms with Gasteiger partial charge in [0.05, 0.1) is 0 Å². The minimum absolute atomic E-state index is 0. The van der Waals surface area contributed by atoms with E-state index in [2.05, 4.69) is 41.5 Å². The van der Waals surface area contributed by atoms with E-state index in [9.17, 15) is 0 Å². The summed E-state index contributed by atoms with van der Waals surface area (Å²) in [5.74, 6) is 0. The maximum Gasteiger partial charge on any atom is -0.147 e. The zero-order valence-electron chi connectivity index (χ0n) is 24.7. The zero-order chi connectivity index (χ0) is 24.1. The van der Waals surface area contributed by atoms with Crippen molar-refractivity contribution >= 4 is 68.3 Å². The third-order valence-corrected chi connectivity index (χ3v) is 28.6. The largest absolute Gasteiger partial charge is 0.147 e. The summed E-state index contributed by atoms with van der Waals surface area (Å²) in [6.45, 7) is 14.0. The van der Waals surface area contributed by atoms with Crippen molar-refractivity contribution in [2.75, 3.05) is 0 Å². The van der Waals surface area contributed by atoms with Crippen LogP contribution in [0.3, 0.4) is 0 Å². The summed E-state index contributed by atoms with van der Waals surface area (Å²) in [4.78, 5) is 0. The molecule has 0 aliphatic rings. The number of hydrogen-bond acceptors (Lipinski definition) is 0. The normalized spacial score (nSPS) is 10.6. The second-order valence-electron chi connectivity index (χ2n) is 9.93. The van der Waals surface area contributed by atoms with Gasteiger partial charge in [-0.2, -0.15) is 0 Å². The molecule has 212 valence electrons. The fraction of sp³-hybridized carbons (Fsp3) is 1.00. The second kappa shape index (κ2) is 39.9. The molecule has 0 aromatic heterocycles. The average molecular weight is 918 g/mol. The van der Waals surface area contributed by atoms with Crippen molar-refractivity contribution in [2.45, 2.75) is 182 Å². The van der Waals surface area contributed by atoms with E-state index in [1.165, 1.54) is 77.0 Å². The minimum atomic E-state index is -0.970. The Morgan fingerprint density at radius 2 is 0.412 bits per heavy atom. The maximum atomic E-state index is 2.33. The maximum absolute atomic E-state index is 2.33. The third-order valence-electron chi connectivity index (χ3n) is 6.47. The van der Waals surface area contributed by atoms with Crippen molar-refractivity contribution in [1.82, 2.24) is 0 Å². The molecule has 0 bridgehead atoms. The molecule has 4 heteroatoms. The Bertz CT molecular complexity index is 239. The fourth-order valence-electron chi connectivity index (χ4n) is 4.18. The van der Waals surface area contributed by atoms with Crippen LogP contribution in [0, 0.1) is 0 Å². The molecule has 0 radical (unpaired) electrons. The van der Waals surface area contributed by atoms with Crippen LogP contribution in [0.5, 0.6) is 0 Å². The Morgan fingerprint density at radius 1 is 0.265 bits per heavy atom. The van der Waals surface area contributed by atoms with Crippen molar-refractivity contribution in [3.8, 4) is 0 Å². The van der Waals surface area contributed by atoms with Gasteiger partial charge < -0.3 is 0 Å². The molecule has 0 amide bonds. The third kappa shape index (κ3) is 36.5. The smallest absolute Gasteiger partial charge is 0.147 e. The molecule has 0 atom stereocenters. The van der Waals surface area contributed by atoms with Crippen LogP contribution < -0.4 is 0 Å². The van der Waals surface area contributed by atoms with Gasteiger partial charge in [0.1, 0.15) is 0 Å². The molecule has 0 saturated carbocycles. The molecule has 0 aromatic carbocycles. The first-order valence-corrected chi connectivity index (χ1v) is 29.9. The first-order chi connectivity index (χ1) is 15.7. The summed E-state index contributed by atoms with van der Waals surface area (Å²) in [5, 5.41) is 0. The summed E-state index contributed by atoms with van der Waals surface area (Å²) < 4.78 is 10.2. The van der Waals surface area contributed by atoms with Gasteiger partial charge in [-0.1, -0.05) is 0 Å². The van der Waals surface area contributed by atoms with Crippen molar-refractivity contribution < 1.29 is 0 Å². The van der Waals surface area contributed by atoms with E-state index in [1.54, 1.807) is 63.3 Å². The summed E-state index contributed by atoms with van der Waals surface area (Å²) in [7, 11) is 0. The Kier molecular flexibility index (Phi) is 50.9. The number of hydrogen-bond donors (Lipinski definition) is 0. The molecular formula is C30H68Bi2Cl2. The molecule has 0 spiro atoms. The van der Waals surface area contributed by atoms with E-state index >= 15 is 0 Å². The Labute approximate surface area is 247 Å². The average Bonchev–Trinajstić information content (AvgIpc) is 2.80. The van der Waals surface area contributed by atoms with Crippen molar-refractivity contribution in [3.05, 3.63) is 0 Å². The van der Waals surface area contributed by atoms with Crippen LogP contribution in [0.25, 0.3) is 0 Å². The van der Waals surface area contributed by atoms with Gasteiger partial charge in [0.2, 0.25) is 0 Å². The first-order valence-electron chi connectivity index (χ1n) is 15.1. The zero-order valence-corrected chi connectivity index (χ0v) is 33.3. The van der Waals surface area contributed by atoms with Crippen LogP contribution in [0.1, 0.15) is 157 Å². The molecular weight excluding hydrogens is 849 g/mol. The topological polar surface area (TPSA) is 0 Å². The van der Waals surface area contributed by atoms with Gasteiger partial charge in [-0.25, -0.2) is 0 Å². The molecule has 0 nitrogen and oxygen atoms in total. The molecule has 0 aromatic rings. The van der Waals surface area contributed by atoms with Crippen LogP contribution in [-0.4, -0.2) is 43.5 Å². The van der Waals surface area contributed by atoms with Gasteiger partial charge in [-0.15, -0.1) is 24.8 Å². The quantitative estimate of drug-likeness (QED) is 0.0669. The van der Waals surface area contributed by atoms with E-state index in [0.29, 0.717) is 0 Å². The van der Waals surface area contributed by atoms with E-state index < -0.39 is 43.5 Å². The number of rotatable bonds is 24. The van der Waals surface area contributed by atoms with Gasteiger partial charge in [-0.05, 0) is 0 Å². The van der Waals surface area contributed by atoms with E-state index in [4.69, 9.17) is 0 Å². The fourth-order valence-corrected chi connectivity index (χ4v) is 25.0. The summed E-state index contributed by atoms with van der Waals surface area (Å²) in [6, 6.07) is 0. The van der Waals surface area contributed by atoms with Crippen molar-refractivity contribution in [3.63, 3.8) is 0 Å². The van der Waals surface area contributed by atoms with Crippen molar-refractivity contribution in [1.29, 1.82) is 0 Å². The molecule has 0 saturated heterocycles. The van der Waals surface area contributed by atoms with Crippen LogP contribution in [0.4, 0.5) is 0 Å². The van der Waals surface area contributed by atoms with Gasteiger partial charge in [0.15, 0.2) is 0 Å². The van der Waals surface area contributed by atoms with Gasteiger partial charge in [-0.3, -0.25) is 0 Å². The second-order valence-corrected chi connectivity index (χ2v) is 30.8. The Balaban J connectivity index is -0.000000250. The number of unbranched alkanes of at least 4 members (excludes halogenated alkanes) is 12. The standard InChI is InChI=1S/6C5H11.2Bi.2ClH/c6*1-3-5-4-2;;;;/h6*1,3-5H2,2H3;;;2*1H. The van der Waals surface area contributed by atoms with Gasteiger partial charge in [0.25, 0.3) is 0 Å². The first kappa shape index (κ1) is 43.4. The predicted molar refractivity (Wildman–Crippen MR) is 172 cm³/mol. The van der Waals surface area contributed by atoms with Gasteiger partial charge in [0, 0.05) is 0 Å². The predicted octanol–water partition coefficient (Wildman–Crippen LogP) is 12.9. The Morgan fingerprint density at radius 3 is 0.529 bits per heavy atom. The SMILES string of the molecule is CCCC[CH2][Bi]([CH2]CCCC)[CH2]CCCC.CCCC[CH2][Bi]([CH2]CCCC)[CH2]CCCC.Cl.Cl. The van der Waals surface area contributed by atoms with Crippen LogP contribution in [0.2, 0.25) is 24.8 Å². The molecule has 0 aliphatic carbocycles. The molecule has 0 heterocycles.